The van der Waals surface area contributed by atoms with Crippen molar-refractivity contribution < 1.29 is 9.66 Å². The number of nitrogens with zero attached hydrogens (tertiary/aromatic N) is 1. The fourth-order valence-corrected chi connectivity index (χ4v) is 2.42. The van der Waals surface area contributed by atoms with E-state index in [-0.39, 0.29) is 5.69 Å². The van der Waals surface area contributed by atoms with Gasteiger partial charge in [-0.3, -0.25) is 10.1 Å². The van der Waals surface area contributed by atoms with Gasteiger partial charge in [0.15, 0.2) is 5.75 Å². The van der Waals surface area contributed by atoms with Crippen molar-refractivity contribution in [3.8, 4) is 5.75 Å². The number of rotatable bonds is 7. The molecule has 0 saturated heterocycles. The van der Waals surface area contributed by atoms with Gasteiger partial charge in [-0.2, -0.15) is 0 Å². The van der Waals surface area contributed by atoms with Gasteiger partial charge in [0.25, 0.3) is 0 Å². The molecule has 5 nitrogen and oxygen atoms in total. The summed E-state index contributed by atoms with van der Waals surface area (Å²) in [5.74, 6) is 0.313. The number of nitro groups is 1. The highest BCUT2D eigenvalue weighted by atomic mass is 32.1. The number of nitro benzene ring substituents is 1. The summed E-state index contributed by atoms with van der Waals surface area (Å²) in [6.45, 7) is 3.00. The molecular weight excluding hydrogens is 276 g/mol. The van der Waals surface area contributed by atoms with Crippen LogP contribution in [0.1, 0.15) is 18.2 Å². The van der Waals surface area contributed by atoms with E-state index in [0.29, 0.717) is 24.6 Å². The summed E-state index contributed by atoms with van der Waals surface area (Å²) in [5, 5.41) is 16.3. The highest BCUT2D eigenvalue weighted by Crippen LogP contribution is 2.35. The molecule has 1 N–H and O–H groups in total. The lowest BCUT2D eigenvalue weighted by Crippen LogP contribution is -2.04. The van der Waals surface area contributed by atoms with E-state index in [0.717, 1.165) is 11.3 Å². The quantitative estimate of drug-likeness (QED) is 0.617. The highest BCUT2D eigenvalue weighted by molar-refractivity contribution is 7.09. The molecule has 0 saturated carbocycles. The van der Waals surface area contributed by atoms with Crippen molar-refractivity contribution >= 4 is 22.7 Å². The normalized spacial score (nSPS) is 10.2. The van der Waals surface area contributed by atoms with E-state index in [1.807, 2.05) is 24.4 Å². The third-order valence-electron chi connectivity index (χ3n) is 2.68. The molecule has 0 amide bonds. The van der Waals surface area contributed by atoms with Crippen LogP contribution in [0.4, 0.5) is 11.4 Å². The average molecular weight is 292 g/mol. The maximum absolute atomic E-state index is 11.3. The van der Waals surface area contributed by atoms with Crippen molar-refractivity contribution in [2.75, 3.05) is 11.9 Å². The van der Waals surface area contributed by atoms with E-state index in [4.69, 9.17) is 4.74 Å². The first-order chi connectivity index (χ1) is 9.72. The molecule has 0 aliphatic rings. The first-order valence-electron chi connectivity index (χ1n) is 6.38. The van der Waals surface area contributed by atoms with Crippen molar-refractivity contribution in [2.45, 2.75) is 19.9 Å². The molecule has 2 rings (SSSR count). The van der Waals surface area contributed by atoms with Gasteiger partial charge < -0.3 is 10.1 Å². The SMILES string of the molecule is CCCOc1cccc(NCc2cccs2)c1[N+](=O)[O-]. The molecule has 1 heterocycles. The number of benzene rings is 1. The van der Waals surface area contributed by atoms with Crippen LogP contribution in [0.5, 0.6) is 5.75 Å². The molecule has 0 radical (unpaired) electrons. The monoisotopic (exact) mass is 292 g/mol. The van der Waals surface area contributed by atoms with E-state index in [1.165, 1.54) is 0 Å². The zero-order valence-electron chi connectivity index (χ0n) is 11.2. The van der Waals surface area contributed by atoms with Gasteiger partial charge in [-0.05, 0) is 30.0 Å². The first-order valence-corrected chi connectivity index (χ1v) is 7.26. The summed E-state index contributed by atoms with van der Waals surface area (Å²) >= 11 is 1.61. The molecule has 106 valence electrons. The number of ether oxygens (including phenoxy) is 1. The Balaban J connectivity index is 2.20. The average Bonchev–Trinajstić information content (AvgIpc) is 2.95. The van der Waals surface area contributed by atoms with Crippen molar-refractivity contribution in [2.24, 2.45) is 0 Å². The molecule has 0 unspecified atom stereocenters. The Labute approximate surface area is 121 Å². The van der Waals surface area contributed by atoms with Crippen LogP contribution in [0.3, 0.4) is 0 Å². The molecule has 6 heteroatoms. The Morgan fingerprint density at radius 1 is 1.35 bits per heavy atom. The number of thiophene rings is 1. The Hall–Kier alpha value is -2.08. The van der Waals surface area contributed by atoms with Crippen LogP contribution in [0, 0.1) is 10.1 Å². The molecule has 1 aromatic carbocycles. The third-order valence-corrected chi connectivity index (χ3v) is 3.55. The Morgan fingerprint density at radius 3 is 2.85 bits per heavy atom. The molecular formula is C14H16N2O3S. The van der Waals surface area contributed by atoms with Gasteiger partial charge >= 0.3 is 5.69 Å². The number of anilines is 1. The minimum atomic E-state index is -0.401. The smallest absolute Gasteiger partial charge is 0.333 e. The second kappa shape index (κ2) is 6.91. The van der Waals surface area contributed by atoms with Crippen molar-refractivity contribution in [1.82, 2.24) is 0 Å². The first kappa shape index (κ1) is 14.3. The molecule has 20 heavy (non-hydrogen) atoms. The number of nitrogens with one attached hydrogen (secondary N) is 1. The molecule has 0 fully saturated rings. The summed E-state index contributed by atoms with van der Waals surface area (Å²) in [6.07, 6.45) is 0.810. The van der Waals surface area contributed by atoms with Gasteiger partial charge in [0.2, 0.25) is 0 Å². The summed E-state index contributed by atoms with van der Waals surface area (Å²) in [7, 11) is 0. The van der Waals surface area contributed by atoms with Crippen LogP contribution in [0.15, 0.2) is 35.7 Å². The lowest BCUT2D eigenvalue weighted by atomic mass is 10.2. The van der Waals surface area contributed by atoms with Gasteiger partial charge in [-0.1, -0.05) is 19.1 Å². The van der Waals surface area contributed by atoms with Gasteiger partial charge in [0, 0.05) is 11.4 Å². The van der Waals surface area contributed by atoms with Crippen molar-refractivity contribution in [3.05, 3.63) is 50.7 Å². The standard InChI is InChI=1S/C14H16N2O3S/c1-2-8-19-13-7-3-6-12(14(13)16(17)18)15-10-11-5-4-9-20-11/h3-7,9,15H,2,8,10H2,1H3. The number of hydrogen-bond acceptors (Lipinski definition) is 5. The van der Waals surface area contributed by atoms with E-state index in [2.05, 4.69) is 5.32 Å². The molecule has 0 aliphatic carbocycles. The molecule has 2 aromatic rings. The topological polar surface area (TPSA) is 64.4 Å². The molecule has 1 aromatic heterocycles. The second-order valence-corrected chi connectivity index (χ2v) is 5.22. The summed E-state index contributed by atoms with van der Waals surface area (Å²) < 4.78 is 5.45. The summed E-state index contributed by atoms with van der Waals surface area (Å²) in [5.41, 5.74) is 0.481. The summed E-state index contributed by atoms with van der Waals surface area (Å²) in [6, 6.07) is 9.03. The lowest BCUT2D eigenvalue weighted by Gasteiger charge is -2.10. The largest absolute Gasteiger partial charge is 0.487 e. The van der Waals surface area contributed by atoms with Gasteiger partial charge in [-0.15, -0.1) is 11.3 Å². The zero-order chi connectivity index (χ0) is 14.4. The maximum Gasteiger partial charge on any atom is 0.333 e. The fraction of sp³-hybridized carbons (Fsp3) is 0.286. The Bertz CT molecular complexity index is 570. The Morgan fingerprint density at radius 2 is 2.20 bits per heavy atom. The van der Waals surface area contributed by atoms with E-state index in [9.17, 15) is 10.1 Å². The maximum atomic E-state index is 11.3. The van der Waals surface area contributed by atoms with Crippen LogP contribution in [0.25, 0.3) is 0 Å². The van der Waals surface area contributed by atoms with Gasteiger partial charge in [0.1, 0.15) is 5.69 Å². The second-order valence-electron chi connectivity index (χ2n) is 4.19. The van der Waals surface area contributed by atoms with E-state index in [1.54, 1.807) is 29.5 Å². The summed E-state index contributed by atoms with van der Waals surface area (Å²) in [4.78, 5) is 12.0. The van der Waals surface area contributed by atoms with Crippen LogP contribution in [-0.2, 0) is 6.54 Å². The minimum Gasteiger partial charge on any atom is -0.487 e. The van der Waals surface area contributed by atoms with E-state index < -0.39 is 4.92 Å². The molecule has 0 aliphatic heterocycles. The molecule has 0 bridgehead atoms. The predicted molar refractivity (Wildman–Crippen MR) is 80.5 cm³/mol. The van der Waals surface area contributed by atoms with Gasteiger partial charge in [-0.25, -0.2) is 0 Å². The van der Waals surface area contributed by atoms with Crippen LogP contribution in [-0.4, -0.2) is 11.5 Å². The van der Waals surface area contributed by atoms with Crippen LogP contribution in [0.2, 0.25) is 0 Å². The van der Waals surface area contributed by atoms with Crippen LogP contribution >= 0.6 is 11.3 Å². The predicted octanol–water partition coefficient (Wildman–Crippen LogP) is 4.06. The Kier molecular flexibility index (Phi) is 4.95. The van der Waals surface area contributed by atoms with E-state index >= 15 is 0 Å². The highest BCUT2D eigenvalue weighted by Gasteiger charge is 2.20. The minimum absolute atomic E-state index is 0.00231. The number of hydrogen-bond donors (Lipinski definition) is 1. The fourth-order valence-electron chi connectivity index (χ4n) is 1.78. The lowest BCUT2D eigenvalue weighted by molar-refractivity contribution is -0.385. The zero-order valence-corrected chi connectivity index (χ0v) is 12.0. The molecule has 0 spiro atoms. The molecule has 0 atom stereocenters. The van der Waals surface area contributed by atoms with Crippen molar-refractivity contribution in [1.29, 1.82) is 0 Å². The van der Waals surface area contributed by atoms with Crippen LogP contribution < -0.4 is 10.1 Å². The third kappa shape index (κ3) is 3.48. The number of para-hydroxylation sites is 1. The van der Waals surface area contributed by atoms with Crippen molar-refractivity contribution in [3.63, 3.8) is 0 Å². The van der Waals surface area contributed by atoms with Gasteiger partial charge in [0.05, 0.1) is 11.5 Å².